The van der Waals surface area contributed by atoms with Crippen LogP contribution in [0.15, 0.2) is 52.9 Å². The number of carbonyl (C=O) groups excluding carboxylic acids is 1. The first kappa shape index (κ1) is 19.0. The molecule has 3 aromatic rings. The summed E-state index contributed by atoms with van der Waals surface area (Å²) in [7, 11) is 3.98. The molecular formula is C22H26N2O3. The van der Waals surface area contributed by atoms with Crippen LogP contribution in [0, 0.1) is 6.92 Å². The molecule has 0 aliphatic carbocycles. The molecule has 27 heavy (non-hydrogen) atoms. The van der Waals surface area contributed by atoms with Gasteiger partial charge >= 0.3 is 0 Å². The van der Waals surface area contributed by atoms with E-state index in [1.807, 2.05) is 76.5 Å². The molecule has 1 amide bonds. The first-order chi connectivity index (χ1) is 13.0. The van der Waals surface area contributed by atoms with Crippen LogP contribution in [0.25, 0.3) is 11.0 Å². The molecule has 1 N–H and O–H groups in total. The van der Waals surface area contributed by atoms with Crippen molar-refractivity contribution in [2.24, 2.45) is 0 Å². The number of rotatable bonds is 7. The summed E-state index contributed by atoms with van der Waals surface area (Å²) in [5.41, 5.74) is 2.57. The Hall–Kier alpha value is -2.79. The van der Waals surface area contributed by atoms with E-state index in [2.05, 4.69) is 10.2 Å². The number of hydrogen-bond acceptors (Lipinski definition) is 4. The van der Waals surface area contributed by atoms with Crippen LogP contribution in [-0.2, 0) is 0 Å². The third-order valence-electron chi connectivity index (χ3n) is 4.48. The molecule has 2 aromatic carbocycles. The fraction of sp³-hybridized carbons (Fsp3) is 0.318. The van der Waals surface area contributed by atoms with Crippen LogP contribution in [-0.4, -0.2) is 38.1 Å². The molecule has 0 aliphatic heterocycles. The summed E-state index contributed by atoms with van der Waals surface area (Å²) in [6.45, 7) is 5.14. The van der Waals surface area contributed by atoms with E-state index in [1.165, 1.54) is 0 Å². The van der Waals surface area contributed by atoms with Gasteiger partial charge in [0, 0.05) is 17.5 Å². The van der Waals surface area contributed by atoms with Crippen LogP contribution >= 0.6 is 0 Å². The van der Waals surface area contributed by atoms with Gasteiger partial charge in [0.05, 0.1) is 12.6 Å². The maximum Gasteiger partial charge on any atom is 0.287 e. The van der Waals surface area contributed by atoms with Crippen LogP contribution in [0.4, 0.5) is 0 Å². The fourth-order valence-corrected chi connectivity index (χ4v) is 3.18. The van der Waals surface area contributed by atoms with Gasteiger partial charge in [0.2, 0.25) is 0 Å². The van der Waals surface area contributed by atoms with Crippen molar-refractivity contribution in [1.29, 1.82) is 0 Å². The van der Waals surface area contributed by atoms with Gasteiger partial charge in [-0.3, -0.25) is 4.79 Å². The molecule has 0 fully saturated rings. The van der Waals surface area contributed by atoms with E-state index < -0.39 is 0 Å². The number of aryl methyl sites for hydroxylation is 1. The summed E-state index contributed by atoms with van der Waals surface area (Å²) in [6.07, 6.45) is 0. The summed E-state index contributed by atoms with van der Waals surface area (Å²) >= 11 is 0. The number of likely N-dealkylation sites (N-methyl/N-ethyl adjacent to an activating group) is 1. The lowest BCUT2D eigenvalue weighted by molar-refractivity contribution is 0.0903. The highest BCUT2D eigenvalue weighted by molar-refractivity contribution is 5.99. The first-order valence-electron chi connectivity index (χ1n) is 9.16. The highest BCUT2D eigenvalue weighted by atomic mass is 16.5. The van der Waals surface area contributed by atoms with Crippen LogP contribution in [0.5, 0.6) is 5.75 Å². The third-order valence-corrected chi connectivity index (χ3v) is 4.48. The largest absolute Gasteiger partial charge is 0.494 e. The van der Waals surface area contributed by atoms with E-state index in [0.717, 1.165) is 22.3 Å². The summed E-state index contributed by atoms with van der Waals surface area (Å²) in [5.74, 6) is 0.909. The molecule has 0 unspecified atom stereocenters. The smallest absolute Gasteiger partial charge is 0.287 e. The Balaban J connectivity index is 1.88. The summed E-state index contributed by atoms with van der Waals surface area (Å²) in [6, 6.07) is 15.5. The van der Waals surface area contributed by atoms with Gasteiger partial charge in [-0.1, -0.05) is 30.3 Å². The topological polar surface area (TPSA) is 54.7 Å². The maximum absolute atomic E-state index is 13.0. The molecule has 0 bridgehead atoms. The number of hydrogen-bond donors (Lipinski definition) is 1. The molecule has 0 saturated carbocycles. The average Bonchev–Trinajstić information content (AvgIpc) is 2.98. The first-order valence-corrected chi connectivity index (χ1v) is 9.16. The predicted molar refractivity (Wildman–Crippen MR) is 107 cm³/mol. The van der Waals surface area contributed by atoms with E-state index in [-0.39, 0.29) is 11.9 Å². The number of ether oxygens (including phenoxy) is 1. The molecule has 142 valence electrons. The third kappa shape index (κ3) is 4.31. The van der Waals surface area contributed by atoms with Crippen LogP contribution in [0.3, 0.4) is 0 Å². The Labute approximate surface area is 159 Å². The van der Waals surface area contributed by atoms with E-state index >= 15 is 0 Å². The zero-order valence-corrected chi connectivity index (χ0v) is 16.3. The number of nitrogens with one attached hydrogen (secondary N) is 1. The van der Waals surface area contributed by atoms with Crippen molar-refractivity contribution in [2.45, 2.75) is 19.9 Å². The SMILES string of the molecule is CCOc1ccc2oc(C(=O)N[C@H](CN(C)C)c3ccccc3)c(C)c2c1. The van der Waals surface area contributed by atoms with Gasteiger partial charge in [-0.2, -0.15) is 0 Å². The zero-order chi connectivity index (χ0) is 19.4. The molecule has 1 aromatic heterocycles. The molecule has 0 spiro atoms. The molecule has 0 saturated heterocycles. The highest BCUT2D eigenvalue weighted by Crippen LogP contribution is 2.29. The number of carbonyl (C=O) groups is 1. The van der Waals surface area contributed by atoms with Gasteiger partial charge in [0.25, 0.3) is 5.91 Å². The monoisotopic (exact) mass is 366 g/mol. The van der Waals surface area contributed by atoms with Crippen LogP contribution in [0.2, 0.25) is 0 Å². The summed E-state index contributed by atoms with van der Waals surface area (Å²) in [4.78, 5) is 15.0. The second kappa shape index (κ2) is 8.27. The Morgan fingerprint density at radius 1 is 1.19 bits per heavy atom. The van der Waals surface area contributed by atoms with Gasteiger partial charge in [-0.05, 0) is 51.7 Å². The van der Waals surface area contributed by atoms with Crippen molar-refractivity contribution in [3.05, 3.63) is 65.4 Å². The van der Waals surface area contributed by atoms with Crippen molar-refractivity contribution in [2.75, 3.05) is 27.2 Å². The Morgan fingerprint density at radius 3 is 2.59 bits per heavy atom. The Bertz CT molecular complexity index is 916. The number of benzene rings is 2. The lowest BCUT2D eigenvalue weighted by Gasteiger charge is -2.22. The zero-order valence-electron chi connectivity index (χ0n) is 16.3. The lowest BCUT2D eigenvalue weighted by Crippen LogP contribution is -2.35. The minimum atomic E-state index is -0.211. The van der Waals surface area contributed by atoms with Gasteiger partial charge < -0.3 is 19.4 Å². The second-order valence-corrected chi connectivity index (χ2v) is 6.85. The average molecular weight is 366 g/mol. The van der Waals surface area contributed by atoms with E-state index in [0.29, 0.717) is 24.5 Å². The molecule has 0 aliphatic rings. The number of fused-ring (bicyclic) bond motifs is 1. The Kier molecular flexibility index (Phi) is 5.81. The predicted octanol–water partition coefficient (Wildman–Crippen LogP) is 4.17. The van der Waals surface area contributed by atoms with E-state index in [4.69, 9.17) is 9.15 Å². The molecule has 5 heteroatoms. The number of nitrogens with zero attached hydrogens (tertiary/aromatic N) is 1. The standard InChI is InChI=1S/C22H26N2O3/c1-5-26-17-11-12-20-18(13-17)15(2)21(27-20)22(25)23-19(14-24(3)4)16-9-7-6-8-10-16/h6-13,19H,5,14H2,1-4H3,(H,23,25)/t19-/m1/s1. The van der Waals surface area contributed by atoms with Gasteiger partial charge in [0.1, 0.15) is 11.3 Å². The maximum atomic E-state index is 13.0. The molecule has 1 atom stereocenters. The minimum Gasteiger partial charge on any atom is -0.494 e. The van der Waals surface area contributed by atoms with Crippen LogP contribution in [0.1, 0.15) is 34.6 Å². The quantitative estimate of drug-likeness (QED) is 0.682. The van der Waals surface area contributed by atoms with Crippen molar-refractivity contribution in [3.63, 3.8) is 0 Å². The van der Waals surface area contributed by atoms with E-state index in [9.17, 15) is 4.79 Å². The number of furan rings is 1. The second-order valence-electron chi connectivity index (χ2n) is 6.85. The molecule has 3 rings (SSSR count). The number of amides is 1. The minimum absolute atomic E-state index is 0.125. The van der Waals surface area contributed by atoms with Crippen molar-refractivity contribution in [1.82, 2.24) is 10.2 Å². The van der Waals surface area contributed by atoms with Gasteiger partial charge in [-0.25, -0.2) is 0 Å². The van der Waals surface area contributed by atoms with E-state index in [1.54, 1.807) is 0 Å². The van der Waals surface area contributed by atoms with Crippen molar-refractivity contribution in [3.8, 4) is 5.75 Å². The van der Waals surface area contributed by atoms with Crippen LogP contribution < -0.4 is 10.1 Å². The fourth-order valence-electron chi connectivity index (χ4n) is 3.18. The highest BCUT2D eigenvalue weighted by Gasteiger charge is 2.22. The van der Waals surface area contributed by atoms with Crippen molar-refractivity contribution >= 4 is 16.9 Å². The Morgan fingerprint density at radius 2 is 1.93 bits per heavy atom. The molecule has 5 nitrogen and oxygen atoms in total. The summed E-state index contributed by atoms with van der Waals surface area (Å²) < 4.78 is 11.4. The normalized spacial score (nSPS) is 12.3. The molecule has 1 heterocycles. The van der Waals surface area contributed by atoms with Gasteiger partial charge in [-0.15, -0.1) is 0 Å². The summed E-state index contributed by atoms with van der Waals surface area (Å²) in [5, 5.41) is 4.02. The van der Waals surface area contributed by atoms with Gasteiger partial charge in [0.15, 0.2) is 5.76 Å². The van der Waals surface area contributed by atoms with Crippen molar-refractivity contribution < 1.29 is 13.9 Å². The lowest BCUT2D eigenvalue weighted by atomic mass is 10.1. The molecular weight excluding hydrogens is 340 g/mol. The molecule has 0 radical (unpaired) electrons.